The van der Waals surface area contributed by atoms with Gasteiger partial charge in [-0.15, -0.1) is 0 Å². The molecule has 2 aromatic rings. The van der Waals surface area contributed by atoms with Crippen molar-refractivity contribution in [3.05, 3.63) is 64.4 Å². The third-order valence-electron chi connectivity index (χ3n) is 4.11. The third-order valence-corrected chi connectivity index (χ3v) is 4.45. The molecule has 2 unspecified atom stereocenters. The predicted octanol–water partition coefficient (Wildman–Crippen LogP) is 3.80. The molecular formula is C17H19ClN2. The summed E-state index contributed by atoms with van der Waals surface area (Å²) >= 11 is 6.26. The van der Waals surface area contributed by atoms with E-state index in [2.05, 4.69) is 41.5 Å². The van der Waals surface area contributed by atoms with Gasteiger partial charge in [0.15, 0.2) is 0 Å². The molecule has 0 saturated carbocycles. The van der Waals surface area contributed by atoms with Crippen molar-refractivity contribution in [3.63, 3.8) is 0 Å². The number of nitrogens with one attached hydrogen (secondary N) is 1. The smallest absolute Gasteiger partial charge is 0.0621 e. The molecule has 2 atom stereocenters. The van der Waals surface area contributed by atoms with Crippen molar-refractivity contribution in [1.29, 1.82) is 0 Å². The highest BCUT2D eigenvalue weighted by Gasteiger charge is 2.31. The van der Waals surface area contributed by atoms with E-state index in [1.54, 1.807) is 6.20 Å². The standard InChI is InChI=1S/C17H19ClN2/c1-2-20-17-14(9-12-5-3-4-6-15(12)17)10-13-7-8-19-11-16(13)18/h3-8,11,14,17,20H,2,9-10H2,1H3. The molecule has 0 amide bonds. The average molecular weight is 287 g/mol. The molecule has 1 N–H and O–H groups in total. The van der Waals surface area contributed by atoms with Gasteiger partial charge in [0.1, 0.15) is 0 Å². The number of halogens is 1. The number of aromatic nitrogens is 1. The fourth-order valence-corrected chi connectivity index (χ4v) is 3.41. The van der Waals surface area contributed by atoms with Gasteiger partial charge in [-0.25, -0.2) is 0 Å². The molecule has 1 aliphatic carbocycles. The molecule has 3 heteroatoms. The second kappa shape index (κ2) is 5.94. The van der Waals surface area contributed by atoms with Crippen LogP contribution >= 0.6 is 11.6 Å². The van der Waals surface area contributed by atoms with Crippen LogP contribution < -0.4 is 5.32 Å². The van der Waals surface area contributed by atoms with Gasteiger partial charge in [-0.2, -0.15) is 0 Å². The zero-order chi connectivity index (χ0) is 13.9. The molecule has 1 aromatic heterocycles. The fourth-order valence-electron chi connectivity index (χ4n) is 3.22. The number of hydrogen-bond donors (Lipinski definition) is 1. The molecule has 0 fully saturated rings. The summed E-state index contributed by atoms with van der Waals surface area (Å²) in [5.74, 6) is 0.562. The fraction of sp³-hybridized carbons (Fsp3) is 0.353. The maximum atomic E-state index is 6.26. The molecule has 1 aliphatic rings. The zero-order valence-corrected chi connectivity index (χ0v) is 12.4. The molecular weight excluding hydrogens is 268 g/mol. The van der Waals surface area contributed by atoms with Crippen molar-refractivity contribution in [2.45, 2.75) is 25.8 Å². The van der Waals surface area contributed by atoms with E-state index in [1.165, 1.54) is 16.7 Å². The van der Waals surface area contributed by atoms with Crippen LogP contribution in [0.4, 0.5) is 0 Å². The molecule has 3 rings (SSSR count). The highest BCUT2D eigenvalue weighted by molar-refractivity contribution is 6.31. The average Bonchev–Trinajstić information content (AvgIpc) is 2.80. The van der Waals surface area contributed by atoms with Crippen molar-refractivity contribution in [2.75, 3.05) is 6.54 Å². The minimum atomic E-state index is 0.431. The monoisotopic (exact) mass is 286 g/mol. The van der Waals surface area contributed by atoms with Gasteiger partial charge < -0.3 is 5.32 Å². The molecule has 0 radical (unpaired) electrons. The number of rotatable bonds is 4. The van der Waals surface area contributed by atoms with Crippen LogP contribution in [0, 0.1) is 5.92 Å². The van der Waals surface area contributed by atoms with Gasteiger partial charge in [0.25, 0.3) is 0 Å². The second-order valence-electron chi connectivity index (χ2n) is 5.37. The van der Waals surface area contributed by atoms with Gasteiger partial charge in [0.05, 0.1) is 5.02 Å². The summed E-state index contributed by atoms with van der Waals surface area (Å²) in [6.45, 7) is 3.15. The summed E-state index contributed by atoms with van der Waals surface area (Å²) in [7, 11) is 0. The third kappa shape index (κ3) is 2.58. The Hall–Kier alpha value is -1.38. The Bertz CT molecular complexity index is 597. The molecule has 1 aromatic carbocycles. The Morgan fingerprint density at radius 3 is 2.95 bits per heavy atom. The van der Waals surface area contributed by atoms with Gasteiger partial charge in [-0.1, -0.05) is 42.8 Å². The maximum Gasteiger partial charge on any atom is 0.0621 e. The Balaban J connectivity index is 1.85. The van der Waals surface area contributed by atoms with Gasteiger partial charge in [0.2, 0.25) is 0 Å². The summed E-state index contributed by atoms with van der Waals surface area (Å²) in [6, 6.07) is 11.2. The second-order valence-corrected chi connectivity index (χ2v) is 5.78. The van der Waals surface area contributed by atoms with Crippen LogP contribution in [0.2, 0.25) is 5.02 Å². The summed E-state index contributed by atoms with van der Waals surface area (Å²) < 4.78 is 0. The van der Waals surface area contributed by atoms with Crippen molar-refractivity contribution >= 4 is 11.6 Å². The lowest BCUT2D eigenvalue weighted by Gasteiger charge is -2.21. The molecule has 0 aliphatic heterocycles. The van der Waals surface area contributed by atoms with Crippen molar-refractivity contribution in [2.24, 2.45) is 5.92 Å². The number of pyridine rings is 1. The molecule has 0 saturated heterocycles. The van der Waals surface area contributed by atoms with E-state index in [1.807, 2.05) is 12.3 Å². The Morgan fingerprint density at radius 1 is 1.30 bits per heavy atom. The first-order valence-electron chi connectivity index (χ1n) is 7.19. The number of fused-ring (bicyclic) bond motifs is 1. The predicted molar refractivity (Wildman–Crippen MR) is 83.0 cm³/mol. The molecule has 0 spiro atoms. The first kappa shape index (κ1) is 13.6. The summed E-state index contributed by atoms with van der Waals surface area (Å²) in [6.07, 6.45) is 5.67. The van der Waals surface area contributed by atoms with Crippen LogP contribution in [0.3, 0.4) is 0 Å². The van der Waals surface area contributed by atoms with Crippen molar-refractivity contribution in [3.8, 4) is 0 Å². The summed E-state index contributed by atoms with van der Waals surface area (Å²) in [5, 5.41) is 4.41. The van der Waals surface area contributed by atoms with Gasteiger partial charge >= 0.3 is 0 Å². The minimum absolute atomic E-state index is 0.431. The van der Waals surface area contributed by atoms with Crippen LogP contribution in [-0.2, 0) is 12.8 Å². The van der Waals surface area contributed by atoms with Crippen molar-refractivity contribution in [1.82, 2.24) is 10.3 Å². The molecule has 1 heterocycles. The van der Waals surface area contributed by atoms with Crippen LogP contribution in [0.25, 0.3) is 0 Å². The van der Waals surface area contributed by atoms with Gasteiger partial charge in [-0.05, 0) is 48.1 Å². The molecule has 20 heavy (non-hydrogen) atoms. The lowest BCUT2D eigenvalue weighted by molar-refractivity contribution is 0.394. The lowest BCUT2D eigenvalue weighted by atomic mass is 9.93. The molecule has 0 bridgehead atoms. The summed E-state index contributed by atoms with van der Waals surface area (Å²) in [5.41, 5.74) is 4.11. The van der Waals surface area contributed by atoms with E-state index in [0.717, 1.165) is 24.4 Å². The van der Waals surface area contributed by atoms with E-state index in [-0.39, 0.29) is 0 Å². The van der Waals surface area contributed by atoms with E-state index < -0.39 is 0 Å². The van der Waals surface area contributed by atoms with Gasteiger partial charge in [0, 0.05) is 18.4 Å². The van der Waals surface area contributed by atoms with E-state index in [4.69, 9.17) is 11.6 Å². The Morgan fingerprint density at radius 2 is 2.15 bits per heavy atom. The van der Waals surface area contributed by atoms with E-state index in [9.17, 15) is 0 Å². The quantitative estimate of drug-likeness (QED) is 0.925. The van der Waals surface area contributed by atoms with E-state index >= 15 is 0 Å². The highest BCUT2D eigenvalue weighted by atomic mass is 35.5. The number of benzene rings is 1. The first-order chi connectivity index (χ1) is 9.79. The largest absolute Gasteiger partial charge is 0.310 e. The van der Waals surface area contributed by atoms with Crippen LogP contribution in [0.1, 0.15) is 29.7 Å². The topological polar surface area (TPSA) is 24.9 Å². The SMILES string of the molecule is CCNC1c2ccccc2CC1Cc1ccncc1Cl. The zero-order valence-electron chi connectivity index (χ0n) is 11.6. The van der Waals surface area contributed by atoms with Crippen LogP contribution in [0.5, 0.6) is 0 Å². The lowest BCUT2D eigenvalue weighted by Crippen LogP contribution is -2.26. The Labute approximate surface area is 125 Å². The van der Waals surface area contributed by atoms with Crippen LogP contribution in [0.15, 0.2) is 42.7 Å². The number of hydrogen-bond acceptors (Lipinski definition) is 2. The maximum absolute atomic E-state index is 6.26. The minimum Gasteiger partial charge on any atom is -0.310 e. The normalized spacial score (nSPS) is 20.9. The molecule has 104 valence electrons. The van der Waals surface area contributed by atoms with Gasteiger partial charge in [-0.3, -0.25) is 4.98 Å². The van der Waals surface area contributed by atoms with Crippen molar-refractivity contribution < 1.29 is 0 Å². The highest BCUT2D eigenvalue weighted by Crippen LogP contribution is 2.38. The van der Waals surface area contributed by atoms with E-state index in [0.29, 0.717) is 12.0 Å². The number of nitrogens with zero attached hydrogens (tertiary/aromatic N) is 1. The first-order valence-corrected chi connectivity index (χ1v) is 7.57. The Kier molecular flexibility index (Phi) is 4.04. The molecule has 2 nitrogen and oxygen atoms in total. The van der Waals surface area contributed by atoms with Crippen LogP contribution in [-0.4, -0.2) is 11.5 Å². The summed E-state index contributed by atoms with van der Waals surface area (Å²) in [4.78, 5) is 4.07.